The fourth-order valence-corrected chi connectivity index (χ4v) is 3.38. The minimum atomic E-state index is -0.418. The first-order chi connectivity index (χ1) is 14.5. The lowest BCUT2D eigenvalue weighted by Crippen LogP contribution is -2.05. The maximum atomic E-state index is 11.7. The number of nitrogens with zero attached hydrogens (tertiary/aromatic N) is 1. The first-order valence-corrected chi connectivity index (χ1v) is 9.52. The van der Waals surface area contributed by atoms with Crippen LogP contribution in [-0.2, 0) is 11.2 Å². The molecule has 0 aliphatic rings. The molecule has 1 heterocycles. The summed E-state index contributed by atoms with van der Waals surface area (Å²) in [6.45, 7) is 3.70. The largest absolute Gasteiger partial charge is 0.493 e. The summed E-state index contributed by atoms with van der Waals surface area (Å²) in [5, 5.41) is 1.62. The highest BCUT2D eigenvalue weighted by Crippen LogP contribution is 2.40. The van der Waals surface area contributed by atoms with Gasteiger partial charge in [-0.05, 0) is 48.1 Å². The highest BCUT2D eigenvalue weighted by Gasteiger charge is 2.17. The second-order valence-corrected chi connectivity index (χ2v) is 6.52. The molecule has 3 rings (SSSR count). The van der Waals surface area contributed by atoms with Crippen LogP contribution in [0, 0.1) is 0 Å². The molecular weight excluding hydrogens is 386 g/mol. The van der Waals surface area contributed by atoms with Gasteiger partial charge in [-0.2, -0.15) is 0 Å². The zero-order chi connectivity index (χ0) is 21.7. The Kier molecular flexibility index (Phi) is 6.61. The van der Waals surface area contributed by atoms with E-state index < -0.39 is 5.97 Å². The van der Waals surface area contributed by atoms with Crippen molar-refractivity contribution in [3.8, 4) is 28.7 Å². The van der Waals surface area contributed by atoms with Gasteiger partial charge in [-0.3, -0.25) is 9.78 Å². The quantitative estimate of drug-likeness (QED) is 0.407. The number of rotatable bonds is 8. The van der Waals surface area contributed by atoms with Gasteiger partial charge in [0.2, 0.25) is 5.75 Å². The summed E-state index contributed by atoms with van der Waals surface area (Å²) < 4.78 is 27.4. The number of benzene rings is 2. The standard InChI is InChI=1S/C23H25NO6/c1-6-29-19-8-7-17-16(12-24-13-18(17)22(19)30-14(2)25)9-15-10-20(26-3)23(28-5)21(11-15)27-4/h7-8,10-13H,6,9H2,1-5H3. The van der Waals surface area contributed by atoms with E-state index in [-0.39, 0.29) is 0 Å². The minimum absolute atomic E-state index is 0.376. The van der Waals surface area contributed by atoms with Crippen molar-refractivity contribution in [1.82, 2.24) is 4.98 Å². The Hall–Kier alpha value is -3.48. The SMILES string of the molecule is CCOc1ccc2c(Cc3cc(OC)c(OC)c(OC)c3)cncc2c1OC(C)=O. The van der Waals surface area contributed by atoms with E-state index >= 15 is 0 Å². The van der Waals surface area contributed by atoms with Crippen LogP contribution < -0.4 is 23.7 Å². The topological polar surface area (TPSA) is 76.1 Å². The summed E-state index contributed by atoms with van der Waals surface area (Å²) in [5.41, 5.74) is 1.92. The molecule has 0 bridgehead atoms. The molecule has 0 fully saturated rings. The Balaban J connectivity index is 2.10. The number of ether oxygens (including phenoxy) is 5. The van der Waals surface area contributed by atoms with Crippen molar-refractivity contribution in [2.75, 3.05) is 27.9 Å². The third-order valence-electron chi connectivity index (χ3n) is 4.60. The third-order valence-corrected chi connectivity index (χ3v) is 4.60. The van der Waals surface area contributed by atoms with E-state index in [4.69, 9.17) is 23.7 Å². The van der Waals surface area contributed by atoms with Crippen molar-refractivity contribution >= 4 is 16.7 Å². The molecule has 0 atom stereocenters. The first-order valence-electron chi connectivity index (χ1n) is 9.52. The highest BCUT2D eigenvalue weighted by atomic mass is 16.6. The van der Waals surface area contributed by atoms with E-state index in [9.17, 15) is 4.79 Å². The van der Waals surface area contributed by atoms with Gasteiger partial charge in [-0.25, -0.2) is 0 Å². The van der Waals surface area contributed by atoms with Crippen molar-refractivity contribution in [3.63, 3.8) is 0 Å². The zero-order valence-electron chi connectivity index (χ0n) is 17.8. The van der Waals surface area contributed by atoms with E-state index in [1.807, 2.05) is 31.2 Å². The molecule has 0 saturated heterocycles. The van der Waals surface area contributed by atoms with Gasteiger partial charge in [-0.1, -0.05) is 6.07 Å². The predicted octanol–water partition coefficient (Wildman–Crippen LogP) is 4.18. The molecule has 0 saturated carbocycles. The van der Waals surface area contributed by atoms with E-state index in [1.54, 1.807) is 33.7 Å². The van der Waals surface area contributed by atoms with Crippen LogP contribution in [0.3, 0.4) is 0 Å². The Morgan fingerprint density at radius 2 is 1.60 bits per heavy atom. The molecule has 3 aromatic rings. The molecule has 2 aromatic carbocycles. The number of aromatic nitrogens is 1. The maximum Gasteiger partial charge on any atom is 0.308 e. The molecule has 0 unspecified atom stereocenters. The summed E-state index contributed by atoms with van der Waals surface area (Å²) in [6, 6.07) is 7.56. The number of carbonyl (C=O) groups excluding carboxylic acids is 1. The minimum Gasteiger partial charge on any atom is -0.493 e. The van der Waals surface area contributed by atoms with Gasteiger partial charge >= 0.3 is 5.97 Å². The van der Waals surface area contributed by atoms with E-state index in [1.165, 1.54) is 6.92 Å². The number of hydrogen-bond acceptors (Lipinski definition) is 7. The van der Waals surface area contributed by atoms with Crippen LogP contribution in [0.1, 0.15) is 25.0 Å². The number of fused-ring (bicyclic) bond motifs is 1. The average molecular weight is 411 g/mol. The number of esters is 1. The van der Waals surface area contributed by atoms with Gasteiger partial charge in [-0.15, -0.1) is 0 Å². The van der Waals surface area contributed by atoms with Gasteiger partial charge in [0.15, 0.2) is 23.0 Å². The molecule has 30 heavy (non-hydrogen) atoms. The van der Waals surface area contributed by atoms with Crippen LogP contribution in [-0.4, -0.2) is 38.9 Å². The Morgan fingerprint density at radius 3 is 2.17 bits per heavy atom. The third kappa shape index (κ3) is 4.25. The van der Waals surface area contributed by atoms with Gasteiger partial charge in [0.25, 0.3) is 0 Å². The number of carbonyl (C=O) groups is 1. The summed E-state index contributed by atoms with van der Waals surface area (Å²) in [4.78, 5) is 16.0. The second kappa shape index (κ2) is 9.35. The van der Waals surface area contributed by atoms with Gasteiger partial charge < -0.3 is 23.7 Å². The molecule has 0 radical (unpaired) electrons. The molecular formula is C23H25NO6. The smallest absolute Gasteiger partial charge is 0.308 e. The summed E-state index contributed by atoms with van der Waals surface area (Å²) in [6.07, 6.45) is 4.03. The van der Waals surface area contributed by atoms with Crippen molar-refractivity contribution in [2.45, 2.75) is 20.3 Å². The molecule has 1 aromatic heterocycles. The van der Waals surface area contributed by atoms with Crippen LogP contribution in [0.25, 0.3) is 10.8 Å². The fourth-order valence-electron chi connectivity index (χ4n) is 3.38. The molecule has 0 amide bonds. The maximum absolute atomic E-state index is 11.7. The van der Waals surface area contributed by atoms with Gasteiger partial charge in [0, 0.05) is 24.7 Å². The van der Waals surface area contributed by atoms with E-state index in [0.717, 1.165) is 16.5 Å². The highest BCUT2D eigenvalue weighted by molar-refractivity contribution is 5.94. The number of methoxy groups -OCH3 is 3. The summed E-state index contributed by atoms with van der Waals surface area (Å²) >= 11 is 0. The van der Waals surface area contributed by atoms with Crippen molar-refractivity contribution in [3.05, 3.63) is 47.8 Å². The molecule has 7 nitrogen and oxygen atoms in total. The van der Waals surface area contributed by atoms with E-state index in [0.29, 0.717) is 47.2 Å². The van der Waals surface area contributed by atoms with Crippen LogP contribution in [0.15, 0.2) is 36.7 Å². The summed E-state index contributed by atoms with van der Waals surface area (Å²) in [7, 11) is 4.74. The zero-order valence-corrected chi connectivity index (χ0v) is 17.8. The van der Waals surface area contributed by atoms with E-state index in [2.05, 4.69) is 4.98 Å². The van der Waals surface area contributed by atoms with Crippen LogP contribution in [0.5, 0.6) is 28.7 Å². The van der Waals surface area contributed by atoms with Crippen LogP contribution in [0.4, 0.5) is 0 Å². The molecule has 7 heteroatoms. The predicted molar refractivity (Wildman–Crippen MR) is 113 cm³/mol. The Labute approximate surface area is 175 Å². The van der Waals surface area contributed by atoms with Crippen molar-refractivity contribution < 1.29 is 28.5 Å². The van der Waals surface area contributed by atoms with Gasteiger partial charge in [0.1, 0.15) is 0 Å². The normalized spacial score (nSPS) is 10.6. The monoisotopic (exact) mass is 411 g/mol. The van der Waals surface area contributed by atoms with Crippen molar-refractivity contribution in [1.29, 1.82) is 0 Å². The van der Waals surface area contributed by atoms with Crippen LogP contribution >= 0.6 is 0 Å². The first kappa shape index (κ1) is 21.2. The Morgan fingerprint density at radius 1 is 0.900 bits per heavy atom. The average Bonchev–Trinajstić information content (AvgIpc) is 2.74. The second-order valence-electron chi connectivity index (χ2n) is 6.52. The van der Waals surface area contributed by atoms with Gasteiger partial charge in [0.05, 0.1) is 27.9 Å². The molecule has 158 valence electrons. The fraction of sp³-hybridized carbons (Fsp3) is 0.304. The molecule has 0 N–H and O–H groups in total. The Bertz CT molecular complexity index is 1040. The lowest BCUT2D eigenvalue weighted by atomic mass is 9.99. The summed E-state index contributed by atoms with van der Waals surface area (Å²) in [5.74, 6) is 2.17. The number of pyridine rings is 1. The lowest BCUT2D eigenvalue weighted by Gasteiger charge is -2.16. The van der Waals surface area contributed by atoms with Crippen LogP contribution in [0.2, 0.25) is 0 Å². The number of hydrogen-bond donors (Lipinski definition) is 0. The molecule has 0 aliphatic carbocycles. The lowest BCUT2D eigenvalue weighted by molar-refractivity contribution is -0.131. The molecule has 0 spiro atoms. The van der Waals surface area contributed by atoms with Crippen molar-refractivity contribution in [2.24, 2.45) is 0 Å². The molecule has 0 aliphatic heterocycles.